The van der Waals surface area contributed by atoms with Gasteiger partial charge in [-0.2, -0.15) is 4.98 Å². The largest absolute Gasteiger partial charge is 0.384 e. The Morgan fingerprint density at radius 2 is 1.77 bits per heavy atom. The number of piperazine rings is 1. The molecule has 0 saturated carbocycles. The van der Waals surface area contributed by atoms with Crippen molar-refractivity contribution >= 4 is 28.4 Å². The average molecular weight is 596 g/mol. The van der Waals surface area contributed by atoms with Crippen molar-refractivity contribution in [2.45, 2.75) is 44.9 Å². The van der Waals surface area contributed by atoms with Gasteiger partial charge in [0, 0.05) is 56.3 Å². The summed E-state index contributed by atoms with van der Waals surface area (Å²) in [4.78, 5) is 35.0. The first kappa shape index (κ1) is 28.7. The highest BCUT2D eigenvalue weighted by atomic mass is 16.3. The highest BCUT2D eigenvalue weighted by Gasteiger charge is 2.38. The van der Waals surface area contributed by atoms with E-state index in [4.69, 9.17) is 4.98 Å². The highest BCUT2D eigenvalue weighted by molar-refractivity contribution is 5.77. The molecule has 230 valence electrons. The molecule has 0 radical (unpaired) electrons. The van der Waals surface area contributed by atoms with Crippen molar-refractivity contribution < 1.29 is 5.11 Å². The number of nitrogens with one attached hydrogen (secondary N) is 1. The van der Waals surface area contributed by atoms with Crippen LogP contribution in [0.2, 0.25) is 0 Å². The minimum atomic E-state index is -1.14. The van der Waals surface area contributed by atoms with Crippen LogP contribution in [-0.2, 0) is 12.1 Å². The van der Waals surface area contributed by atoms with Crippen molar-refractivity contribution in [2.24, 2.45) is 5.92 Å². The number of benzene rings is 1. The van der Waals surface area contributed by atoms with Gasteiger partial charge in [-0.15, -0.1) is 6.58 Å². The lowest BCUT2D eigenvalue weighted by molar-refractivity contribution is 0.00311. The number of allylic oxidation sites excluding steroid dienone is 1. The molecule has 11 heteroatoms. The molecule has 7 heterocycles. The van der Waals surface area contributed by atoms with E-state index in [1.54, 1.807) is 42.9 Å². The molecule has 4 aliphatic heterocycles. The van der Waals surface area contributed by atoms with E-state index in [0.29, 0.717) is 28.5 Å². The van der Waals surface area contributed by atoms with Crippen LogP contribution in [0.4, 0.5) is 17.3 Å². The van der Waals surface area contributed by atoms with Crippen molar-refractivity contribution in [1.82, 2.24) is 34.1 Å². The number of hydrogen-bond acceptors (Lipinski definition) is 9. The maximum absolute atomic E-state index is 13.3. The van der Waals surface area contributed by atoms with E-state index in [1.165, 1.54) is 42.8 Å². The van der Waals surface area contributed by atoms with Crippen LogP contribution in [0.3, 0.4) is 0 Å². The molecule has 2 bridgehead atoms. The second-order valence-corrected chi connectivity index (χ2v) is 12.8. The van der Waals surface area contributed by atoms with Crippen LogP contribution in [0.25, 0.3) is 16.9 Å². The minimum absolute atomic E-state index is 0.236. The van der Waals surface area contributed by atoms with Gasteiger partial charge in [-0.1, -0.05) is 12.1 Å². The molecule has 44 heavy (non-hydrogen) atoms. The van der Waals surface area contributed by atoms with Gasteiger partial charge in [-0.25, -0.2) is 19.3 Å². The number of rotatable bonds is 8. The Labute approximate surface area is 257 Å². The first-order valence-corrected chi connectivity index (χ1v) is 15.7. The highest BCUT2D eigenvalue weighted by Crippen LogP contribution is 2.32. The third kappa shape index (κ3) is 5.40. The standard InChI is InChI=1S/C33H41N9O2/c1-4-14-41-31(43)26-21-34-32(37-30(26)42(41)29-7-5-6-28(36-29)33(2,3)44)35-24-8-10-25(11-9-24)39-17-19-40(20-18-39)27-22-38-15-12-23(27)13-16-38/h4-11,21,23,27,44H,1,12-20,22H2,2-3H3,(H,34,35,37). The number of nitrogens with zero attached hydrogens (tertiary/aromatic N) is 8. The van der Waals surface area contributed by atoms with Crippen molar-refractivity contribution in [2.75, 3.05) is 56.0 Å². The maximum Gasteiger partial charge on any atom is 0.278 e. The van der Waals surface area contributed by atoms with Gasteiger partial charge in [-0.05, 0) is 82.1 Å². The third-order valence-electron chi connectivity index (χ3n) is 9.45. The van der Waals surface area contributed by atoms with Gasteiger partial charge in [0.1, 0.15) is 11.0 Å². The van der Waals surface area contributed by atoms with E-state index in [0.717, 1.165) is 43.8 Å². The van der Waals surface area contributed by atoms with Crippen molar-refractivity contribution in [3.8, 4) is 5.82 Å². The van der Waals surface area contributed by atoms with Crippen LogP contribution in [0.15, 0.2) is 66.1 Å². The normalized spacial score (nSPS) is 22.4. The number of anilines is 3. The molecular formula is C33H41N9O2. The predicted octanol–water partition coefficient (Wildman–Crippen LogP) is 3.35. The molecule has 1 aromatic carbocycles. The number of aromatic nitrogens is 5. The summed E-state index contributed by atoms with van der Waals surface area (Å²) in [6.45, 7) is 15.6. The van der Waals surface area contributed by atoms with Gasteiger partial charge < -0.3 is 20.2 Å². The Kier molecular flexibility index (Phi) is 7.47. The Morgan fingerprint density at radius 1 is 1.02 bits per heavy atom. The van der Waals surface area contributed by atoms with Crippen LogP contribution >= 0.6 is 0 Å². The second kappa shape index (κ2) is 11.5. The van der Waals surface area contributed by atoms with Gasteiger partial charge in [0.2, 0.25) is 5.95 Å². The van der Waals surface area contributed by atoms with Crippen LogP contribution in [0.1, 0.15) is 32.4 Å². The fourth-order valence-corrected chi connectivity index (χ4v) is 7.03. The smallest absolute Gasteiger partial charge is 0.278 e. The van der Waals surface area contributed by atoms with Crippen molar-refractivity contribution in [3.63, 3.8) is 0 Å². The molecule has 2 N–H and O–H groups in total. The molecule has 8 rings (SSSR count). The summed E-state index contributed by atoms with van der Waals surface area (Å²) >= 11 is 0. The minimum Gasteiger partial charge on any atom is -0.384 e. The molecule has 3 aromatic heterocycles. The molecule has 0 spiro atoms. The molecule has 4 saturated heterocycles. The van der Waals surface area contributed by atoms with Gasteiger partial charge in [0.25, 0.3) is 5.56 Å². The molecule has 4 fully saturated rings. The fraction of sp³-hybridized carbons (Fsp3) is 0.455. The topological polar surface area (TPSA) is 108 Å². The zero-order valence-corrected chi connectivity index (χ0v) is 25.6. The zero-order valence-electron chi connectivity index (χ0n) is 25.6. The SMILES string of the molecule is C=CCn1c(=O)c2cnc(Nc3ccc(N4CCN(C5CN6CCC5CC6)CC4)cc3)nc2n1-c1cccc(C(C)(C)O)n1. The molecular weight excluding hydrogens is 554 g/mol. The summed E-state index contributed by atoms with van der Waals surface area (Å²) in [6, 6.07) is 14.5. The van der Waals surface area contributed by atoms with Crippen LogP contribution < -0.4 is 15.8 Å². The van der Waals surface area contributed by atoms with Gasteiger partial charge in [0.05, 0.1) is 12.2 Å². The first-order valence-electron chi connectivity index (χ1n) is 15.7. The zero-order chi connectivity index (χ0) is 30.4. The average Bonchev–Trinajstić information content (AvgIpc) is 3.32. The summed E-state index contributed by atoms with van der Waals surface area (Å²) in [5.41, 5.74) is 1.61. The van der Waals surface area contributed by atoms with Gasteiger partial charge in [0.15, 0.2) is 11.5 Å². The molecule has 0 amide bonds. The maximum atomic E-state index is 13.3. The lowest BCUT2D eigenvalue weighted by Crippen LogP contribution is -2.61. The molecule has 0 aliphatic carbocycles. The first-order chi connectivity index (χ1) is 21.3. The van der Waals surface area contributed by atoms with E-state index in [-0.39, 0.29) is 12.1 Å². The summed E-state index contributed by atoms with van der Waals surface area (Å²) in [5, 5.41) is 14.2. The van der Waals surface area contributed by atoms with E-state index < -0.39 is 5.60 Å². The molecule has 11 nitrogen and oxygen atoms in total. The molecule has 4 aromatic rings. The number of aliphatic hydroxyl groups is 1. The molecule has 1 unspecified atom stereocenters. The van der Waals surface area contributed by atoms with E-state index in [9.17, 15) is 9.90 Å². The Morgan fingerprint density at radius 3 is 2.43 bits per heavy atom. The monoisotopic (exact) mass is 595 g/mol. The van der Waals surface area contributed by atoms with Crippen molar-refractivity contribution in [1.29, 1.82) is 0 Å². The van der Waals surface area contributed by atoms with E-state index in [1.807, 2.05) is 18.2 Å². The second-order valence-electron chi connectivity index (χ2n) is 12.8. The number of hydrogen-bond donors (Lipinski definition) is 2. The summed E-state index contributed by atoms with van der Waals surface area (Å²) in [6.07, 6.45) is 5.93. The quantitative estimate of drug-likeness (QED) is 0.297. The van der Waals surface area contributed by atoms with Crippen LogP contribution in [0, 0.1) is 5.92 Å². The third-order valence-corrected chi connectivity index (χ3v) is 9.45. The molecule has 4 aliphatic rings. The fourth-order valence-electron chi connectivity index (χ4n) is 7.03. The Hall–Kier alpha value is -4.06. The van der Waals surface area contributed by atoms with E-state index >= 15 is 0 Å². The van der Waals surface area contributed by atoms with Crippen molar-refractivity contribution in [3.05, 3.63) is 77.4 Å². The van der Waals surface area contributed by atoms with Gasteiger partial charge in [-0.3, -0.25) is 9.69 Å². The Balaban J connectivity index is 1.09. The van der Waals surface area contributed by atoms with Crippen LogP contribution in [0.5, 0.6) is 0 Å². The summed E-state index contributed by atoms with van der Waals surface area (Å²) in [7, 11) is 0. The van der Waals surface area contributed by atoms with Gasteiger partial charge >= 0.3 is 0 Å². The van der Waals surface area contributed by atoms with Crippen LogP contribution in [-0.4, -0.2) is 91.1 Å². The lowest BCUT2D eigenvalue weighted by Gasteiger charge is -2.51. The Bertz CT molecular complexity index is 1710. The number of piperidine rings is 3. The molecule has 1 atom stereocenters. The number of pyridine rings is 1. The lowest BCUT2D eigenvalue weighted by atomic mass is 9.83. The van der Waals surface area contributed by atoms with E-state index in [2.05, 4.69) is 48.7 Å². The summed E-state index contributed by atoms with van der Waals surface area (Å²) in [5.74, 6) is 1.73. The number of fused-ring (bicyclic) bond motifs is 4. The summed E-state index contributed by atoms with van der Waals surface area (Å²) < 4.78 is 3.19. The predicted molar refractivity (Wildman–Crippen MR) is 173 cm³/mol.